The molecule has 39 heavy (non-hydrogen) atoms. The summed E-state index contributed by atoms with van der Waals surface area (Å²) in [6, 6.07) is 14.0. The number of ether oxygens (including phenoxy) is 2. The molecule has 1 atom stereocenters. The van der Waals surface area contributed by atoms with E-state index in [0.29, 0.717) is 37.2 Å². The highest BCUT2D eigenvalue weighted by Gasteiger charge is 2.47. The Labute approximate surface area is 235 Å². The number of hydrogen-bond donors (Lipinski definition) is 4. The molecule has 1 aliphatic carbocycles. The number of halogens is 1. The molecule has 0 saturated heterocycles. The van der Waals surface area contributed by atoms with E-state index >= 15 is 0 Å². The summed E-state index contributed by atoms with van der Waals surface area (Å²) < 4.78 is 25.5. The molecule has 1 amide bonds. The largest absolute Gasteiger partial charge is 0.490 e. The Morgan fingerprint density at radius 1 is 1.15 bits per heavy atom. The number of rotatable bonds is 8. The predicted molar refractivity (Wildman–Crippen MR) is 160 cm³/mol. The van der Waals surface area contributed by atoms with Crippen LogP contribution in [0, 0.1) is 11.7 Å². The van der Waals surface area contributed by atoms with Crippen molar-refractivity contribution in [3.63, 3.8) is 0 Å². The highest BCUT2D eigenvalue weighted by Crippen LogP contribution is 2.58. The number of pyridine rings is 1. The quantitative estimate of drug-likeness (QED) is 0.232. The van der Waals surface area contributed by atoms with Crippen LogP contribution < -0.4 is 30.5 Å². The van der Waals surface area contributed by atoms with Crippen molar-refractivity contribution < 1.29 is 18.7 Å². The molecule has 206 valence electrons. The first-order chi connectivity index (χ1) is 19.0. The number of hydrogen-bond acceptors (Lipinski definition) is 7. The Morgan fingerprint density at radius 3 is 2.72 bits per heavy atom. The zero-order valence-electron chi connectivity index (χ0n) is 22.3. The van der Waals surface area contributed by atoms with Crippen molar-refractivity contribution in [1.82, 2.24) is 15.4 Å². The number of benzene rings is 2. The number of fused-ring (bicyclic) bond motifs is 2. The van der Waals surface area contributed by atoms with Crippen LogP contribution in [0.5, 0.6) is 11.5 Å². The van der Waals surface area contributed by atoms with Gasteiger partial charge in [0, 0.05) is 48.9 Å². The van der Waals surface area contributed by atoms with Crippen LogP contribution in [0.15, 0.2) is 48.5 Å². The minimum Gasteiger partial charge on any atom is -0.490 e. The van der Waals surface area contributed by atoms with Gasteiger partial charge in [0.15, 0.2) is 18.5 Å². The zero-order valence-corrected chi connectivity index (χ0v) is 24.1. The van der Waals surface area contributed by atoms with Crippen LogP contribution in [0.2, 0.25) is 0 Å². The van der Waals surface area contributed by atoms with E-state index in [0.717, 1.165) is 47.4 Å². The van der Waals surface area contributed by atoms with Crippen molar-refractivity contribution in [2.24, 2.45) is 5.92 Å². The fourth-order valence-corrected chi connectivity index (χ4v) is 7.24. The van der Waals surface area contributed by atoms with Crippen LogP contribution in [0.4, 0.5) is 10.1 Å². The maximum Gasteiger partial charge on any atom is 0.251 e. The smallest absolute Gasteiger partial charge is 0.251 e. The van der Waals surface area contributed by atoms with Crippen LogP contribution in [-0.4, -0.2) is 56.4 Å². The third kappa shape index (κ3) is 6.32. The first-order valence-electron chi connectivity index (χ1n) is 13.3. The van der Waals surface area contributed by atoms with Crippen molar-refractivity contribution in [1.29, 1.82) is 0 Å². The Morgan fingerprint density at radius 2 is 1.95 bits per heavy atom. The van der Waals surface area contributed by atoms with E-state index in [1.165, 1.54) is 30.3 Å². The van der Waals surface area contributed by atoms with Gasteiger partial charge in [0.25, 0.3) is 5.91 Å². The third-order valence-corrected chi connectivity index (χ3v) is 10.1. The molecule has 0 radical (unpaired) electrons. The molecule has 1 saturated carbocycles. The molecule has 0 spiro atoms. The monoisotopic (exact) mass is 569 g/mol. The van der Waals surface area contributed by atoms with E-state index in [9.17, 15) is 9.18 Å². The summed E-state index contributed by atoms with van der Waals surface area (Å²) in [5.41, 5.74) is 3.90. The first-order valence-corrected chi connectivity index (χ1v) is 16.6. The second kappa shape index (κ2) is 12.1. The van der Waals surface area contributed by atoms with Gasteiger partial charge in [0.2, 0.25) is 6.35 Å². The van der Waals surface area contributed by atoms with Gasteiger partial charge in [-0.1, -0.05) is 0 Å². The van der Waals surface area contributed by atoms with E-state index in [4.69, 9.17) is 14.5 Å². The molecule has 3 aliphatic rings. The number of carbonyl (C=O) groups is 1. The molecule has 10 heteroatoms. The van der Waals surface area contributed by atoms with E-state index in [2.05, 4.69) is 41.1 Å². The maximum absolute atomic E-state index is 13.6. The molecule has 7 nitrogen and oxygen atoms in total. The fraction of sp³-hybridized carbons (Fsp3) is 0.379. The summed E-state index contributed by atoms with van der Waals surface area (Å²) in [5, 5.41) is 11.3. The topological polar surface area (TPSA) is 84.5 Å². The number of carbonyl (C=O) groups excluding carboxylic acids is 1. The van der Waals surface area contributed by atoms with Crippen LogP contribution in [-0.2, 0) is 6.42 Å². The molecule has 1 fully saturated rings. The van der Waals surface area contributed by atoms with Crippen LogP contribution >= 0.6 is 20.0 Å². The number of thiol groups is 1. The number of amides is 1. The van der Waals surface area contributed by atoms with Crippen LogP contribution in [0.25, 0.3) is 11.3 Å². The summed E-state index contributed by atoms with van der Waals surface area (Å²) in [7, 11) is -1.71. The molecule has 1 aromatic heterocycles. The zero-order chi connectivity index (χ0) is 27.4. The number of nitrogens with one attached hydrogen (secondary N) is 3. The molecule has 2 aliphatic heterocycles. The highest BCUT2D eigenvalue weighted by molar-refractivity contribution is 7.80. The SMILES string of the molecule is CS.C[P+]1(NCC2CC2)COc2c1cc(CCNC(=O)c1ccc3c(c1)OCCN3)nc2-c1ccc(F)cc1. The fourth-order valence-electron chi connectivity index (χ4n) is 4.74. The third-order valence-electron chi connectivity index (χ3n) is 7.13. The van der Waals surface area contributed by atoms with E-state index in [-0.39, 0.29) is 11.7 Å². The molecule has 3 N–H and O–H groups in total. The van der Waals surface area contributed by atoms with Gasteiger partial charge in [-0.15, -0.1) is 0 Å². The van der Waals surface area contributed by atoms with E-state index in [1.807, 2.05) is 6.07 Å². The lowest BCUT2D eigenvalue weighted by Crippen LogP contribution is -2.28. The van der Waals surface area contributed by atoms with Gasteiger partial charge in [0.05, 0.1) is 12.4 Å². The lowest BCUT2D eigenvalue weighted by Gasteiger charge is -2.19. The Bertz CT molecular complexity index is 1340. The van der Waals surface area contributed by atoms with Gasteiger partial charge in [-0.2, -0.15) is 17.7 Å². The second-order valence-corrected chi connectivity index (χ2v) is 13.5. The Hall–Kier alpha value is -2.87. The van der Waals surface area contributed by atoms with Gasteiger partial charge in [0.1, 0.15) is 23.9 Å². The second-order valence-electron chi connectivity index (χ2n) is 10.1. The van der Waals surface area contributed by atoms with Gasteiger partial charge in [-0.3, -0.25) is 4.79 Å². The normalized spacial score (nSPS) is 18.9. The van der Waals surface area contributed by atoms with Crippen molar-refractivity contribution in [2.75, 3.05) is 50.8 Å². The summed E-state index contributed by atoms with van der Waals surface area (Å²) in [6.07, 6.45) is 5.46. The summed E-state index contributed by atoms with van der Waals surface area (Å²) >= 11 is 3.53. The summed E-state index contributed by atoms with van der Waals surface area (Å²) in [5.74, 6) is 1.82. The Balaban J connectivity index is 0.00000151. The molecule has 0 bridgehead atoms. The van der Waals surface area contributed by atoms with Crippen molar-refractivity contribution in [2.45, 2.75) is 19.3 Å². The maximum atomic E-state index is 13.6. The minimum absolute atomic E-state index is 0.149. The molecule has 2 aromatic carbocycles. The Kier molecular flexibility index (Phi) is 8.60. The predicted octanol–water partition coefficient (Wildman–Crippen LogP) is 4.75. The lowest BCUT2D eigenvalue weighted by molar-refractivity contribution is 0.0953. The van der Waals surface area contributed by atoms with Crippen molar-refractivity contribution in [3.8, 4) is 22.8 Å². The van der Waals surface area contributed by atoms with Crippen LogP contribution in [0.1, 0.15) is 28.9 Å². The molecule has 1 unspecified atom stereocenters. The number of aromatic nitrogens is 1. The van der Waals surface area contributed by atoms with Gasteiger partial charge in [-0.25, -0.2) is 9.37 Å². The lowest BCUT2D eigenvalue weighted by atomic mass is 10.1. The minimum atomic E-state index is -1.71. The summed E-state index contributed by atoms with van der Waals surface area (Å²) in [4.78, 5) is 17.7. The average molecular weight is 570 g/mol. The first kappa shape index (κ1) is 27.7. The van der Waals surface area contributed by atoms with Crippen molar-refractivity contribution >= 4 is 36.9 Å². The molecule has 3 aromatic rings. The molecular formula is C29H35FN4O3PS+. The standard InChI is InChI=1S/C28H30FN4O3P.CH4S/c1-37(32-16-18-2-3-18)17-36-27-25(37)15-22(33-26(27)19-4-7-21(29)8-5-19)10-11-31-28(34)20-6-9-23-24(14-20)35-13-12-30-23;1-2/h4-9,14-15,18,32H,2-3,10-13,16-17H2,1H3,(H-,30,31,34);2H,1H3/p+1. The van der Waals surface area contributed by atoms with Crippen LogP contribution in [0.3, 0.4) is 0 Å². The molecule has 3 heterocycles. The van der Waals surface area contributed by atoms with E-state index in [1.54, 1.807) is 30.5 Å². The number of anilines is 1. The summed E-state index contributed by atoms with van der Waals surface area (Å²) in [6.45, 7) is 5.06. The van der Waals surface area contributed by atoms with Gasteiger partial charge in [-0.05, 0) is 67.5 Å². The highest BCUT2D eigenvalue weighted by atomic mass is 32.1. The van der Waals surface area contributed by atoms with Gasteiger partial charge >= 0.3 is 0 Å². The van der Waals surface area contributed by atoms with Crippen molar-refractivity contribution in [3.05, 3.63) is 65.6 Å². The van der Waals surface area contributed by atoms with Gasteiger partial charge < -0.3 is 20.1 Å². The molecule has 6 rings (SSSR count). The molecular weight excluding hydrogens is 534 g/mol. The van der Waals surface area contributed by atoms with E-state index < -0.39 is 7.41 Å². The number of nitrogens with zero attached hydrogens (tertiary/aromatic N) is 1. The average Bonchev–Trinajstić information content (AvgIpc) is 3.75.